The van der Waals surface area contributed by atoms with Crippen LogP contribution in [0.15, 0.2) is 67.6 Å². The van der Waals surface area contributed by atoms with Gasteiger partial charge in [-0.05, 0) is 54.4 Å². The predicted octanol–water partition coefficient (Wildman–Crippen LogP) is 3.54. The van der Waals surface area contributed by atoms with E-state index in [-0.39, 0.29) is 0 Å². The summed E-state index contributed by atoms with van der Waals surface area (Å²) in [5.74, 6) is 1.73. The molecule has 3 N–H and O–H groups in total. The zero-order valence-electron chi connectivity index (χ0n) is 15.9. The van der Waals surface area contributed by atoms with E-state index in [0.717, 1.165) is 30.6 Å². The second-order valence-electron chi connectivity index (χ2n) is 6.28. The Hall–Kier alpha value is -3.38. The van der Waals surface area contributed by atoms with Gasteiger partial charge in [-0.2, -0.15) is 0 Å². The van der Waals surface area contributed by atoms with E-state index in [9.17, 15) is 0 Å². The second-order valence-corrected chi connectivity index (χ2v) is 6.28. The van der Waals surface area contributed by atoms with Crippen molar-refractivity contribution in [3.05, 3.63) is 84.3 Å². The van der Waals surface area contributed by atoms with E-state index >= 15 is 0 Å². The summed E-state index contributed by atoms with van der Waals surface area (Å²) in [6.45, 7) is 5.32. The van der Waals surface area contributed by atoms with Crippen LogP contribution in [0.3, 0.4) is 0 Å². The zero-order chi connectivity index (χ0) is 19.8. The molecule has 144 valence electrons. The summed E-state index contributed by atoms with van der Waals surface area (Å²) in [5, 5.41) is 3.44. The van der Waals surface area contributed by atoms with Crippen LogP contribution in [0.1, 0.15) is 16.7 Å². The van der Waals surface area contributed by atoms with Gasteiger partial charge in [-0.25, -0.2) is 4.98 Å². The molecule has 6 nitrogen and oxygen atoms in total. The van der Waals surface area contributed by atoms with Crippen molar-refractivity contribution in [2.75, 3.05) is 13.7 Å². The maximum Gasteiger partial charge on any atom is 0.219 e. The normalized spacial score (nSPS) is 10.5. The number of hydrogen-bond acceptors (Lipinski definition) is 6. The monoisotopic (exact) mass is 376 g/mol. The summed E-state index contributed by atoms with van der Waals surface area (Å²) in [4.78, 5) is 8.28. The van der Waals surface area contributed by atoms with Crippen molar-refractivity contribution in [3.63, 3.8) is 0 Å². The van der Waals surface area contributed by atoms with Crippen LogP contribution in [0, 0.1) is 0 Å². The molecule has 0 aliphatic rings. The topological polar surface area (TPSA) is 82.3 Å². The zero-order valence-corrected chi connectivity index (χ0v) is 15.9. The molecular formula is C22H24N4O2. The average Bonchev–Trinajstić information content (AvgIpc) is 2.73. The molecule has 0 amide bonds. The van der Waals surface area contributed by atoms with E-state index in [4.69, 9.17) is 15.2 Å². The van der Waals surface area contributed by atoms with Gasteiger partial charge in [0.15, 0.2) is 11.5 Å². The van der Waals surface area contributed by atoms with Crippen molar-refractivity contribution < 1.29 is 9.47 Å². The van der Waals surface area contributed by atoms with E-state index < -0.39 is 0 Å². The van der Waals surface area contributed by atoms with Crippen molar-refractivity contribution in [1.82, 2.24) is 15.3 Å². The number of benzene rings is 1. The SMILES string of the molecule is C=C(N)c1ccc(Oc2ccc(CNCCc3ccncc3)cc2OC)nc1. The van der Waals surface area contributed by atoms with Gasteiger partial charge in [-0.15, -0.1) is 0 Å². The first-order chi connectivity index (χ1) is 13.7. The Labute approximate surface area is 165 Å². The summed E-state index contributed by atoms with van der Waals surface area (Å²) in [6.07, 6.45) is 6.21. The summed E-state index contributed by atoms with van der Waals surface area (Å²) in [5.41, 5.74) is 9.28. The van der Waals surface area contributed by atoms with Crippen LogP contribution < -0.4 is 20.5 Å². The van der Waals surface area contributed by atoms with E-state index in [1.165, 1.54) is 5.56 Å². The van der Waals surface area contributed by atoms with Crippen molar-refractivity contribution >= 4 is 5.70 Å². The number of methoxy groups -OCH3 is 1. The number of aromatic nitrogens is 2. The van der Waals surface area contributed by atoms with Gasteiger partial charge < -0.3 is 20.5 Å². The largest absolute Gasteiger partial charge is 0.493 e. The second kappa shape index (κ2) is 9.53. The minimum Gasteiger partial charge on any atom is -0.493 e. The number of nitrogens with two attached hydrogens (primary N) is 1. The number of ether oxygens (including phenoxy) is 2. The van der Waals surface area contributed by atoms with E-state index in [1.807, 2.05) is 48.8 Å². The van der Waals surface area contributed by atoms with Crippen molar-refractivity contribution in [3.8, 4) is 17.4 Å². The first kappa shape index (κ1) is 19.4. The molecule has 3 rings (SSSR count). The summed E-state index contributed by atoms with van der Waals surface area (Å²) in [7, 11) is 1.62. The number of nitrogens with zero attached hydrogens (tertiary/aromatic N) is 2. The van der Waals surface area contributed by atoms with E-state index in [2.05, 4.69) is 21.9 Å². The number of rotatable bonds is 9. The lowest BCUT2D eigenvalue weighted by Gasteiger charge is -2.12. The fraction of sp³-hybridized carbons (Fsp3) is 0.182. The van der Waals surface area contributed by atoms with Gasteiger partial charge >= 0.3 is 0 Å². The highest BCUT2D eigenvalue weighted by Gasteiger charge is 2.08. The summed E-state index contributed by atoms with van der Waals surface area (Å²) in [6, 6.07) is 13.5. The van der Waals surface area contributed by atoms with E-state index in [0.29, 0.717) is 23.1 Å². The molecule has 3 aromatic rings. The third-order valence-corrected chi connectivity index (χ3v) is 4.22. The van der Waals surface area contributed by atoms with Crippen LogP contribution in [0.5, 0.6) is 17.4 Å². The predicted molar refractivity (Wildman–Crippen MR) is 110 cm³/mol. The van der Waals surface area contributed by atoms with Crippen molar-refractivity contribution in [1.29, 1.82) is 0 Å². The van der Waals surface area contributed by atoms with Gasteiger partial charge in [-0.3, -0.25) is 4.98 Å². The molecule has 0 aliphatic carbocycles. The Morgan fingerprint density at radius 2 is 1.89 bits per heavy atom. The molecule has 28 heavy (non-hydrogen) atoms. The maximum absolute atomic E-state index is 5.84. The molecule has 0 unspecified atom stereocenters. The van der Waals surface area contributed by atoms with Crippen LogP contribution in [-0.2, 0) is 13.0 Å². The lowest BCUT2D eigenvalue weighted by atomic mass is 10.2. The molecule has 6 heteroatoms. The number of hydrogen-bond donors (Lipinski definition) is 2. The Kier molecular flexibility index (Phi) is 6.59. The first-order valence-electron chi connectivity index (χ1n) is 9.01. The molecule has 0 spiro atoms. The molecule has 2 heterocycles. The molecule has 2 aromatic heterocycles. The maximum atomic E-state index is 5.84. The average molecular weight is 376 g/mol. The molecule has 0 aliphatic heterocycles. The minimum absolute atomic E-state index is 0.464. The highest BCUT2D eigenvalue weighted by atomic mass is 16.5. The minimum atomic E-state index is 0.464. The van der Waals surface area contributed by atoms with Gasteiger partial charge in [0, 0.05) is 42.5 Å². The standard InChI is InChI=1S/C22H24N4O2/c1-16(23)19-4-6-22(26-15-19)28-20-5-3-18(13-21(20)27-2)14-25-12-9-17-7-10-24-11-8-17/h3-8,10-11,13,15,25H,1,9,12,14,23H2,2H3. The molecular weight excluding hydrogens is 352 g/mol. The van der Waals surface area contributed by atoms with Crippen molar-refractivity contribution in [2.45, 2.75) is 13.0 Å². The Balaban J connectivity index is 1.57. The van der Waals surface area contributed by atoms with Crippen LogP contribution in [-0.4, -0.2) is 23.6 Å². The fourth-order valence-corrected chi connectivity index (χ4v) is 2.66. The molecule has 0 fully saturated rings. The Morgan fingerprint density at radius 3 is 2.57 bits per heavy atom. The summed E-state index contributed by atoms with van der Waals surface area (Å²) < 4.78 is 11.3. The van der Waals surface area contributed by atoms with Gasteiger partial charge in [0.05, 0.1) is 7.11 Å². The molecule has 0 bridgehead atoms. The third-order valence-electron chi connectivity index (χ3n) is 4.22. The molecule has 0 saturated heterocycles. The van der Waals surface area contributed by atoms with Gasteiger partial charge in [0.1, 0.15) is 0 Å². The first-order valence-corrected chi connectivity index (χ1v) is 9.01. The quantitative estimate of drug-likeness (QED) is 0.556. The number of nitrogens with one attached hydrogen (secondary N) is 1. The molecule has 0 radical (unpaired) electrons. The lowest BCUT2D eigenvalue weighted by molar-refractivity contribution is 0.373. The van der Waals surface area contributed by atoms with Gasteiger partial charge in [0.25, 0.3) is 0 Å². The van der Waals surface area contributed by atoms with Crippen LogP contribution in [0.2, 0.25) is 0 Å². The van der Waals surface area contributed by atoms with Crippen LogP contribution >= 0.6 is 0 Å². The highest BCUT2D eigenvalue weighted by Crippen LogP contribution is 2.31. The van der Waals surface area contributed by atoms with E-state index in [1.54, 1.807) is 19.4 Å². The highest BCUT2D eigenvalue weighted by molar-refractivity contribution is 5.59. The lowest BCUT2D eigenvalue weighted by Crippen LogP contribution is -2.16. The molecule has 0 atom stereocenters. The van der Waals surface area contributed by atoms with Crippen LogP contribution in [0.4, 0.5) is 0 Å². The fourth-order valence-electron chi connectivity index (χ4n) is 2.66. The van der Waals surface area contributed by atoms with Crippen molar-refractivity contribution in [2.24, 2.45) is 5.73 Å². The third kappa shape index (κ3) is 5.31. The summed E-state index contributed by atoms with van der Waals surface area (Å²) >= 11 is 0. The smallest absolute Gasteiger partial charge is 0.219 e. The Bertz CT molecular complexity index is 912. The Morgan fingerprint density at radius 1 is 1.07 bits per heavy atom. The molecule has 1 aromatic carbocycles. The van der Waals surface area contributed by atoms with Gasteiger partial charge in [-0.1, -0.05) is 12.6 Å². The number of pyridine rings is 2. The van der Waals surface area contributed by atoms with Gasteiger partial charge in [0.2, 0.25) is 5.88 Å². The molecule has 0 saturated carbocycles. The van der Waals surface area contributed by atoms with Crippen LogP contribution in [0.25, 0.3) is 5.70 Å².